The summed E-state index contributed by atoms with van der Waals surface area (Å²) in [6.07, 6.45) is 2.50. The molecule has 2 rings (SSSR count). The molecule has 1 saturated heterocycles. The predicted octanol–water partition coefficient (Wildman–Crippen LogP) is 3.22. The van der Waals surface area contributed by atoms with Crippen molar-refractivity contribution in [2.45, 2.75) is 38.8 Å². The van der Waals surface area contributed by atoms with Crippen molar-refractivity contribution >= 4 is 5.69 Å². The zero-order valence-corrected chi connectivity index (χ0v) is 11.2. The van der Waals surface area contributed by atoms with Crippen LogP contribution in [-0.4, -0.2) is 30.6 Å². The molecule has 1 heterocycles. The van der Waals surface area contributed by atoms with Crippen LogP contribution in [0.2, 0.25) is 0 Å². The van der Waals surface area contributed by atoms with Crippen molar-refractivity contribution in [3.05, 3.63) is 30.3 Å². The van der Waals surface area contributed by atoms with Gasteiger partial charge in [0, 0.05) is 24.3 Å². The Morgan fingerprint density at radius 2 is 1.94 bits per heavy atom. The topological polar surface area (TPSA) is 15.3 Å². The number of hydrogen-bond donors (Lipinski definition) is 1. The smallest absolute Gasteiger partial charge is 0.0342 e. The third kappa shape index (κ3) is 3.22. The van der Waals surface area contributed by atoms with Crippen LogP contribution >= 0.6 is 0 Å². The third-order valence-electron chi connectivity index (χ3n) is 3.84. The molecule has 17 heavy (non-hydrogen) atoms. The first-order valence-electron chi connectivity index (χ1n) is 6.68. The molecule has 0 aromatic heterocycles. The van der Waals surface area contributed by atoms with Gasteiger partial charge in [-0.1, -0.05) is 32.0 Å². The van der Waals surface area contributed by atoms with E-state index in [1.165, 1.54) is 25.1 Å². The molecule has 1 aliphatic rings. The molecular formula is C15H24N2. The summed E-state index contributed by atoms with van der Waals surface area (Å²) in [6, 6.07) is 11.9. The van der Waals surface area contributed by atoms with Gasteiger partial charge < -0.3 is 10.2 Å². The number of anilines is 1. The second-order valence-corrected chi connectivity index (χ2v) is 5.52. The van der Waals surface area contributed by atoms with E-state index in [9.17, 15) is 0 Å². The van der Waals surface area contributed by atoms with Crippen molar-refractivity contribution in [3.8, 4) is 0 Å². The largest absolute Gasteiger partial charge is 0.382 e. The Morgan fingerprint density at radius 3 is 2.59 bits per heavy atom. The van der Waals surface area contributed by atoms with Crippen molar-refractivity contribution in [1.82, 2.24) is 4.90 Å². The van der Waals surface area contributed by atoms with Gasteiger partial charge in [-0.2, -0.15) is 0 Å². The molecule has 0 amide bonds. The van der Waals surface area contributed by atoms with Gasteiger partial charge in [-0.3, -0.25) is 0 Å². The molecule has 2 atom stereocenters. The third-order valence-corrected chi connectivity index (χ3v) is 3.84. The van der Waals surface area contributed by atoms with Crippen LogP contribution in [0, 0.1) is 5.92 Å². The van der Waals surface area contributed by atoms with E-state index in [1.807, 2.05) is 0 Å². The van der Waals surface area contributed by atoms with Gasteiger partial charge in [0.2, 0.25) is 0 Å². The van der Waals surface area contributed by atoms with Crippen LogP contribution in [0.4, 0.5) is 5.69 Å². The Morgan fingerprint density at radius 1 is 1.24 bits per heavy atom. The maximum Gasteiger partial charge on any atom is 0.0342 e. The lowest BCUT2D eigenvalue weighted by Gasteiger charge is -2.40. The number of para-hydroxylation sites is 1. The number of nitrogens with zero attached hydrogens (tertiary/aromatic N) is 1. The fourth-order valence-corrected chi connectivity index (χ4v) is 2.80. The van der Waals surface area contributed by atoms with E-state index in [-0.39, 0.29) is 0 Å². The molecule has 1 aliphatic heterocycles. The average Bonchev–Trinajstić information content (AvgIpc) is 2.32. The molecule has 1 N–H and O–H groups in total. The molecule has 1 aromatic rings. The second-order valence-electron chi connectivity index (χ2n) is 5.52. The zero-order chi connectivity index (χ0) is 12.3. The summed E-state index contributed by atoms with van der Waals surface area (Å²) < 4.78 is 0. The second kappa shape index (κ2) is 5.54. The van der Waals surface area contributed by atoms with E-state index >= 15 is 0 Å². The van der Waals surface area contributed by atoms with Gasteiger partial charge in [0.1, 0.15) is 0 Å². The Kier molecular flexibility index (Phi) is 4.06. The molecule has 0 radical (unpaired) electrons. The van der Waals surface area contributed by atoms with E-state index in [1.54, 1.807) is 0 Å². The molecule has 1 fully saturated rings. The fraction of sp³-hybridized carbons (Fsp3) is 0.600. The lowest BCUT2D eigenvalue weighted by Crippen LogP contribution is -2.46. The average molecular weight is 232 g/mol. The van der Waals surface area contributed by atoms with Crippen LogP contribution < -0.4 is 5.32 Å². The van der Waals surface area contributed by atoms with Gasteiger partial charge in [-0.25, -0.2) is 0 Å². The number of nitrogens with one attached hydrogen (secondary N) is 1. The van der Waals surface area contributed by atoms with Crippen LogP contribution in [0.1, 0.15) is 26.7 Å². The highest BCUT2D eigenvalue weighted by Gasteiger charge is 2.27. The molecule has 0 saturated carbocycles. The van der Waals surface area contributed by atoms with Crippen molar-refractivity contribution < 1.29 is 0 Å². The van der Waals surface area contributed by atoms with Crippen LogP contribution in [0.25, 0.3) is 0 Å². The van der Waals surface area contributed by atoms with E-state index in [2.05, 4.69) is 61.4 Å². The van der Waals surface area contributed by atoms with E-state index in [0.29, 0.717) is 12.1 Å². The lowest BCUT2D eigenvalue weighted by molar-refractivity contribution is 0.136. The van der Waals surface area contributed by atoms with Crippen LogP contribution in [0.15, 0.2) is 30.3 Å². The van der Waals surface area contributed by atoms with Gasteiger partial charge in [0.15, 0.2) is 0 Å². The Labute approximate surface area is 105 Å². The Hall–Kier alpha value is -1.02. The van der Waals surface area contributed by atoms with Gasteiger partial charge in [0.25, 0.3) is 0 Å². The van der Waals surface area contributed by atoms with E-state index < -0.39 is 0 Å². The molecule has 2 nitrogen and oxygen atoms in total. The number of likely N-dealkylation sites (tertiary alicyclic amines) is 1. The first-order chi connectivity index (χ1) is 8.16. The molecular weight excluding hydrogens is 208 g/mol. The minimum Gasteiger partial charge on any atom is -0.382 e. The standard InChI is InChI=1S/C15H24N2/c1-12(2)15-11-14(9-10-17(15)3)16-13-7-5-4-6-8-13/h4-8,12,14-16H,9-11H2,1-3H3/t14-,15-/m0/s1. The van der Waals surface area contributed by atoms with Crippen LogP contribution in [0.3, 0.4) is 0 Å². The maximum atomic E-state index is 3.66. The van der Waals surface area contributed by atoms with Crippen molar-refractivity contribution in [2.24, 2.45) is 5.92 Å². The summed E-state index contributed by atoms with van der Waals surface area (Å²) in [6.45, 7) is 5.85. The highest BCUT2D eigenvalue weighted by Crippen LogP contribution is 2.24. The summed E-state index contributed by atoms with van der Waals surface area (Å²) >= 11 is 0. The lowest BCUT2D eigenvalue weighted by atomic mass is 9.90. The molecule has 94 valence electrons. The predicted molar refractivity (Wildman–Crippen MR) is 74.3 cm³/mol. The van der Waals surface area contributed by atoms with Gasteiger partial charge >= 0.3 is 0 Å². The van der Waals surface area contributed by atoms with Crippen molar-refractivity contribution in [3.63, 3.8) is 0 Å². The van der Waals surface area contributed by atoms with Gasteiger partial charge in [0.05, 0.1) is 0 Å². The van der Waals surface area contributed by atoms with E-state index in [4.69, 9.17) is 0 Å². The van der Waals surface area contributed by atoms with Gasteiger partial charge in [-0.05, 0) is 37.9 Å². The van der Waals surface area contributed by atoms with Gasteiger partial charge in [-0.15, -0.1) is 0 Å². The molecule has 0 unspecified atom stereocenters. The van der Waals surface area contributed by atoms with E-state index in [0.717, 1.165) is 5.92 Å². The summed E-state index contributed by atoms with van der Waals surface area (Å²) in [7, 11) is 2.25. The molecule has 0 aliphatic carbocycles. The Bertz CT molecular complexity index is 334. The SMILES string of the molecule is CC(C)[C@@H]1C[C@@H](Nc2ccccc2)CCN1C. The molecule has 0 spiro atoms. The summed E-state index contributed by atoms with van der Waals surface area (Å²) in [5.41, 5.74) is 1.25. The molecule has 0 bridgehead atoms. The summed E-state index contributed by atoms with van der Waals surface area (Å²) in [4.78, 5) is 2.51. The highest BCUT2D eigenvalue weighted by atomic mass is 15.2. The minimum atomic E-state index is 0.626. The first-order valence-corrected chi connectivity index (χ1v) is 6.68. The summed E-state index contributed by atoms with van der Waals surface area (Å²) in [5.74, 6) is 0.736. The van der Waals surface area contributed by atoms with Crippen LogP contribution in [0.5, 0.6) is 0 Å². The summed E-state index contributed by atoms with van der Waals surface area (Å²) in [5, 5.41) is 3.66. The highest BCUT2D eigenvalue weighted by molar-refractivity contribution is 5.43. The quantitative estimate of drug-likeness (QED) is 0.861. The Balaban J connectivity index is 1.95. The van der Waals surface area contributed by atoms with Crippen molar-refractivity contribution in [2.75, 3.05) is 18.9 Å². The minimum absolute atomic E-state index is 0.626. The zero-order valence-electron chi connectivity index (χ0n) is 11.2. The molecule has 2 heteroatoms. The fourth-order valence-electron chi connectivity index (χ4n) is 2.80. The normalized spacial score (nSPS) is 26.1. The number of benzene rings is 1. The van der Waals surface area contributed by atoms with Crippen molar-refractivity contribution in [1.29, 1.82) is 0 Å². The number of hydrogen-bond acceptors (Lipinski definition) is 2. The molecule has 1 aromatic carbocycles. The number of rotatable bonds is 3. The first kappa shape index (κ1) is 12.4. The van der Waals surface area contributed by atoms with Crippen LogP contribution in [-0.2, 0) is 0 Å². The monoisotopic (exact) mass is 232 g/mol. The maximum absolute atomic E-state index is 3.66. The number of piperidine rings is 1.